The summed E-state index contributed by atoms with van der Waals surface area (Å²) in [7, 11) is 0. The zero-order chi connectivity index (χ0) is 20.5. The Hall–Kier alpha value is -3.54. The van der Waals surface area contributed by atoms with Crippen LogP contribution < -0.4 is 5.32 Å². The van der Waals surface area contributed by atoms with Crippen LogP contribution in [0.3, 0.4) is 0 Å². The number of carbonyl (C=O) groups excluding carboxylic acids is 2. The molecule has 1 atom stereocenters. The number of hydrogen-bond acceptors (Lipinski definition) is 2. The van der Waals surface area contributed by atoms with Crippen LogP contribution in [0.2, 0.25) is 0 Å². The number of hydrogen-bond donors (Lipinski definition) is 1. The van der Waals surface area contributed by atoms with Gasteiger partial charge in [0.1, 0.15) is 18.2 Å². The first kappa shape index (κ1) is 18.8. The van der Waals surface area contributed by atoms with Gasteiger partial charge in [0.2, 0.25) is 5.91 Å². The molecule has 0 bridgehead atoms. The molecule has 0 fully saturated rings. The van der Waals surface area contributed by atoms with E-state index < -0.39 is 23.6 Å². The molecule has 29 heavy (non-hydrogen) atoms. The van der Waals surface area contributed by atoms with Crippen molar-refractivity contribution >= 4 is 17.5 Å². The van der Waals surface area contributed by atoms with Crippen LogP contribution in [0.15, 0.2) is 66.7 Å². The molecule has 146 valence electrons. The molecule has 4 rings (SSSR count). The number of nitrogens with one attached hydrogen (secondary N) is 1. The summed E-state index contributed by atoms with van der Waals surface area (Å²) in [5, 5.41) is 2.84. The first-order valence-corrected chi connectivity index (χ1v) is 9.15. The van der Waals surface area contributed by atoms with Crippen LogP contribution in [0.1, 0.15) is 33.1 Å². The van der Waals surface area contributed by atoms with Crippen LogP contribution in [-0.2, 0) is 4.79 Å². The Balaban J connectivity index is 1.88. The lowest BCUT2D eigenvalue weighted by Gasteiger charge is -2.31. The fraction of sp³-hybridized carbons (Fsp3) is 0.130. The highest BCUT2D eigenvalue weighted by molar-refractivity contribution is 6.01. The predicted molar refractivity (Wildman–Crippen MR) is 105 cm³/mol. The van der Waals surface area contributed by atoms with E-state index in [1.54, 1.807) is 18.2 Å². The summed E-state index contributed by atoms with van der Waals surface area (Å²) in [4.78, 5) is 27.3. The Bertz CT molecular complexity index is 1080. The number of aryl methyl sites for hydroxylation is 1. The van der Waals surface area contributed by atoms with Crippen molar-refractivity contribution in [3.05, 3.63) is 101 Å². The fourth-order valence-electron chi connectivity index (χ4n) is 3.58. The minimum atomic E-state index is -0.609. The van der Waals surface area contributed by atoms with E-state index in [-0.39, 0.29) is 18.0 Å². The van der Waals surface area contributed by atoms with E-state index in [0.717, 1.165) is 11.1 Å². The van der Waals surface area contributed by atoms with Crippen molar-refractivity contribution in [1.29, 1.82) is 0 Å². The van der Waals surface area contributed by atoms with Gasteiger partial charge in [0.25, 0.3) is 5.91 Å². The molecule has 4 nitrogen and oxygen atoms in total. The molecular weight excluding hydrogens is 374 g/mol. The molecule has 0 saturated heterocycles. The number of amides is 2. The largest absolute Gasteiger partial charge is 0.324 e. The molecule has 3 aromatic carbocycles. The van der Waals surface area contributed by atoms with Gasteiger partial charge in [-0.3, -0.25) is 9.59 Å². The van der Waals surface area contributed by atoms with Gasteiger partial charge < -0.3 is 10.2 Å². The quantitative estimate of drug-likeness (QED) is 0.700. The molecule has 6 heteroatoms. The molecular formula is C23H18F2N2O2. The van der Waals surface area contributed by atoms with E-state index in [1.807, 2.05) is 19.1 Å². The van der Waals surface area contributed by atoms with Crippen molar-refractivity contribution in [2.75, 3.05) is 11.9 Å². The number of anilines is 1. The van der Waals surface area contributed by atoms with E-state index >= 15 is 0 Å². The first-order valence-electron chi connectivity index (χ1n) is 9.15. The normalized spacial score (nSPS) is 16.0. The van der Waals surface area contributed by atoms with Crippen molar-refractivity contribution in [2.24, 2.45) is 0 Å². The Morgan fingerprint density at radius 2 is 1.59 bits per heavy atom. The molecule has 3 aromatic rings. The van der Waals surface area contributed by atoms with Gasteiger partial charge in [-0.25, -0.2) is 8.78 Å². The van der Waals surface area contributed by atoms with Gasteiger partial charge in [-0.2, -0.15) is 0 Å². The smallest absolute Gasteiger partial charge is 0.255 e. The molecule has 0 spiro atoms. The number of benzene rings is 3. The SMILES string of the molecule is Cc1ccc2c(c1)[C@H](c1ccc(F)cc1)N(C(=O)c1ccc(F)cc1)CC(=O)N2. The van der Waals surface area contributed by atoms with Gasteiger partial charge in [-0.05, 0) is 55.0 Å². The minimum Gasteiger partial charge on any atom is -0.324 e. The average Bonchev–Trinajstić information content (AvgIpc) is 2.84. The zero-order valence-corrected chi connectivity index (χ0v) is 15.7. The Kier molecular flexibility index (Phi) is 4.84. The van der Waals surface area contributed by atoms with Crippen LogP contribution in [0.5, 0.6) is 0 Å². The summed E-state index contributed by atoms with van der Waals surface area (Å²) in [6.07, 6.45) is 0. The summed E-state index contributed by atoms with van der Waals surface area (Å²) in [6, 6.07) is 16.0. The van der Waals surface area contributed by atoms with Crippen molar-refractivity contribution in [1.82, 2.24) is 4.90 Å². The molecule has 0 aromatic heterocycles. The Morgan fingerprint density at radius 1 is 0.966 bits per heavy atom. The molecule has 0 unspecified atom stereocenters. The highest BCUT2D eigenvalue weighted by Crippen LogP contribution is 2.37. The molecule has 1 heterocycles. The molecule has 1 aliphatic rings. The van der Waals surface area contributed by atoms with E-state index in [2.05, 4.69) is 5.32 Å². The van der Waals surface area contributed by atoms with Gasteiger partial charge in [0, 0.05) is 16.8 Å². The standard InChI is InChI=1S/C23H18F2N2O2/c1-14-2-11-20-19(12-14)22(15-3-7-17(24)8-4-15)27(13-21(28)26-20)23(29)16-5-9-18(25)10-6-16/h2-12,22H,13H2,1H3,(H,26,28)/t22-/m0/s1. The predicted octanol–water partition coefficient (Wildman–Crippen LogP) is 4.46. The Labute approximate surface area is 166 Å². The molecule has 1 N–H and O–H groups in total. The number of rotatable bonds is 2. The van der Waals surface area contributed by atoms with Gasteiger partial charge in [0.05, 0.1) is 6.04 Å². The van der Waals surface area contributed by atoms with Gasteiger partial charge >= 0.3 is 0 Å². The molecule has 0 radical (unpaired) electrons. The second-order valence-electron chi connectivity index (χ2n) is 7.03. The maximum absolute atomic E-state index is 13.5. The highest BCUT2D eigenvalue weighted by atomic mass is 19.1. The summed E-state index contributed by atoms with van der Waals surface area (Å²) >= 11 is 0. The summed E-state index contributed by atoms with van der Waals surface area (Å²) in [5.41, 5.74) is 3.23. The van der Waals surface area contributed by atoms with Gasteiger partial charge in [-0.1, -0.05) is 29.8 Å². The summed E-state index contributed by atoms with van der Waals surface area (Å²) in [6.45, 7) is 1.73. The van der Waals surface area contributed by atoms with Crippen molar-refractivity contribution in [2.45, 2.75) is 13.0 Å². The van der Waals surface area contributed by atoms with E-state index in [0.29, 0.717) is 11.3 Å². The molecule has 1 aliphatic heterocycles. The van der Waals surface area contributed by atoms with Crippen LogP contribution in [0.4, 0.5) is 14.5 Å². The lowest BCUT2D eigenvalue weighted by atomic mass is 9.94. The van der Waals surface area contributed by atoms with Crippen molar-refractivity contribution < 1.29 is 18.4 Å². The topological polar surface area (TPSA) is 49.4 Å². The van der Waals surface area contributed by atoms with E-state index in [1.165, 1.54) is 41.3 Å². The maximum Gasteiger partial charge on any atom is 0.255 e. The maximum atomic E-state index is 13.5. The molecule has 0 saturated carbocycles. The third kappa shape index (κ3) is 3.74. The van der Waals surface area contributed by atoms with Crippen LogP contribution in [0, 0.1) is 18.6 Å². The monoisotopic (exact) mass is 392 g/mol. The van der Waals surface area contributed by atoms with Crippen LogP contribution in [0.25, 0.3) is 0 Å². The first-order chi connectivity index (χ1) is 13.9. The second kappa shape index (κ2) is 7.47. The fourth-order valence-corrected chi connectivity index (χ4v) is 3.58. The van der Waals surface area contributed by atoms with E-state index in [4.69, 9.17) is 0 Å². The van der Waals surface area contributed by atoms with E-state index in [9.17, 15) is 18.4 Å². The van der Waals surface area contributed by atoms with Crippen LogP contribution >= 0.6 is 0 Å². The molecule has 2 amide bonds. The van der Waals surface area contributed by atoms with Gasteiger partial charge in [-0.15, -0.1) is 0 Å². The third-order valence-corrected chi connectivity index (χ3v) is 4.94. The van der Waals surface area contributed by atoms with Gasteiger partial charge in [0.15, 0.2) is 0 Å². The number of fused-ring (bicyclic) bond motifs is 1. The lowest BCUT2D eigenvalue weighted by Crippen LogP contribution is -2.39. The Morgan fingerprint density at radius 3 is 2.24 bits per heavy atom. The minimum absolute atomic E-state index is 0.189. The summed E-state index contributed by atoms with van der Waals surface area (Å²) < 4.78 is 26.8. The second-order valence-corrected chi connectivity index (χ2v) is 7.03. The number of carbonyl (C=O) groups is 2. The van der Waals surface area contributed by atoms with Crippen molar-refractivity contribution in [3.8, 4) is 0 Å². The van der Waals surface area contributed by atoms with Crippen molar-refractivity contribution in [3.63, 3.8) is 0 Å². The number of halogens is 2. The lowest BCUT2D eigenvalue weighted by molar-refractivity contribution is -0.117. The summed E-state index contributed by atoms with van der Waals surface area (Å²) in [5.74, 6) is -1.59. The molecule has 0 aliphatic carbocycles. The third-order valence-electron chi connectivity index (χ3n) is 4.94. The number of nitrogens with zero attached hydrogens (tertiary/aromatic N) is 1. The van der Waals surface area contributed by atoms with Crippen LogP contribution in [-0.4, -0.2) is 23.3 Å². The zero-order valence-electron chi connectivity index (χ0n) is 15.7. The highest BCUT2D eigenvalue weighted by Gasteiger charge is 2.34. The average molecular weight is 392 g/mol.